The van der Waals surface area contributed by atoms with E-state index in [0.29, 0.717) is 17.2 Å². The average Bonchev–Trinajstić information content (AvgIpc) is 3.12. The van der Waals surface area contributed by atoms with Crippen molar-refractivity contribution in [2.24, 2.45) is 0 Å². The molecule has 0 bridgehead atoms. The molecule has 1 heterocycles. The van der Waals surface area contributed by atoms with Gasteiger partial charge in [0.05, 0.1) is 0 Å². The molecule has 1 aliphatic heterocycles. The molecule has 0 aliphatic carbocycles. The van der Waals surface area contributed by atoms with Gasteiger partial charge in [-0.15, -0.1) is 11.8 Å². The van der Waals surface area contributed by atoms with E-state index in [0.717, 1.165) is 10.5 Å². The van der Waals surface area contributed by atoms with Crippen LogP contribution in [0, 0.1) is 0 Å². The van der Waals surface area contributed by atoms with Crippen LogP contribution in [0.2, 0.25) is 0 Å². The molecule has 3 rings (SSSR count). The molecule has 0 fully saturated rings. The van der Waals surface area contributed by atoms with Gasteiger partial charge in [-0.2, -0.15) is 0 Å². The van der Waals surface area contributed by atoms with Crippen LogP contribution in [-0.4, -0.2) is 31.5 Å². The van der Waals surface area contributed by atoms with E-state index in [1.807, 2.05) is 24.5 Å². The third kappa shape index (κ3) is 4.80. The van der Waals surface area contributed by atoms with E-state index in [1.54, 1.807) is 42.1 Å². The highest BCUT2D eigenvalue weighted by Crippen LogP contribution is 2.32. The second-order valence-electron chi connectivity index (χ2n) is 5.33. The maximum absolute atomic E-state index is 11.9. The van der Waals surface area contributed by atoms with E-state index in [9.17, 15) is 9.59 Å². The van der Waals surface area contributed by atoms with Crippen LogP contribution in [0.5, 0.6) is 11.5 Å². The zero-order chi connectivity index (χ0) is 18.4. The third-order valence-corrected chi connectivity index (χ3v) is 4.23. The lowest BCUT2D eigenvalue weighted by Gasteiger charge is -2.06. The Labute approximate surface area is 155 Å². The highest BCUT2D eigenvalue weighted by Gasteiger charge is 2.12. The topological polar surface area (TPSA) is 73.9 Å². The van der Waals surface area contributed by atoms with E-state index >= 15 is 0 Å². The summed E-state index contributed by atoms with van der Waals surface area (Å²) in [5, 5.41) is 2.69. The van der Waals surface area contributed by atoms with E-state index in [4.69, 9.17) is 14.2 Å². The summed E-state index contributed by atoms with van der Waals surface area (Å²) >= 11 is 1.58. The second-order valence-corrected chi connectivity index (χ2v) is 6.21. The molecule has 0 atom stereocenters. The number of nitrogens with one attached hydrogen (secondary N) is 1. The number of carbonyl (C=O) groups excluding carboxylic acids is 2. The minimum atomic E-state index is -0.601. The number of amides is 1. The largest absolute Gasteiger partial charge is 0.454 e. The Morgan fingerprint density at radius 2 is 2.04 bits per heavy atom. The van der Waals surface area contributed by atoms with E-state index in [1.165, 1.54) is 6.08 Å². The highest BCUT2D eigenvalue weighted by molar-refractivity contribution is 7.98. The van der Waals surface area contributed by atoms with Gasteiger partial charge in [0.25, 0.3) is 5.91 Å². The van der Waals surface area contributed by atoms with Gasteiger partial charge in [0.1, 0.15) is 0 Å². The average molecular weight is 371 g/mol. The molecule has 6 nitrogen and oxygen atoms in total. The zero-order valence-corrected chi connectivity index (χ0v) is 14.9. The van der Waals surface area contributed by atoms with Crippen molar-refractivity contribution in [3.8, 4) is 11.5 Å². The summed E-state index contributed by atoms with van der Waals surface area (Å²) in [5.74, 6) is 0.308. The van der Waals surface area contributed by atoms with Crippen LogP contribution in [0.1, 0.15) is 5.56 Å². The summed E-state index contributed by atoms with van der Waals surface area (Å²) in [6.45, 7) is -0.159. The molecular weight excluding hydrogens is 354 g/mol. The molecule has 0 aromatic heterocycles. The van der Waals surface area contributed by atoms with Gasteiger partial charge in [0.15, 0.2) is 18.1 Å². The molecule has 2 aromatic carbocycles. The Bertz CT molecular complexity index is 850. The lowest BCUT2D eigenvalue weighted by Crippen LogP contribution is -2.20. The van der Waals surface area contributed by atoms with Crippen molar-refractivity contribution in [2.75, 3.05) is 25.0 Å². The number of rotatable bonds is 6. The van der Waals surface area contributed by atoms with Gasteiger partial charge >= 0.3 is 5.97 Å². The molecular formula is C19H17NO5S. The first-order valence-electron chi connectivity index (χ1n) is 7.82. The molecule has 0 saturated heterocycles. The minimum absolute atomic E-state index is 0.194. The summed E-state index contributed by atoms with van der Waals surface area (Å²) in [7, 11) is 0. The molecule has 26 heavy (non-hydrogen) atoms. The predicted octanol–water partition coefficient (Wildman–Crippen LogP) is 3.33. The zero-order valence-electron chi connectivity index (χ0n) is 14.1. The summed E-state index contributed by atoms with van der Waals surface area (Å²) in [5.41, 5.74) is 1.43. The number of carbonyl (C=O) groups is 2. The summed E-state index contributed by atoms with van der Waals surface area (Å²) in [4.78, 5) is 24.7. The Morgan fingerprint density at radius 1 is 1.19 bits per heavy atom. The van der Waals surface area contributed by atoms with Gasteiger partial charge in [-0.1, -0.05) is 12.1 Å². The fourth-order valence-electron chi connectivity index (χ4n) is 2.26. The first-order valence-corrected chi connectivity index (χ1v) is 9.05. The van der Waals surface area contributed by atoms with Crippen LogP contribution in [0.3, 0.4) is 0 Å². The normalized spacial score (nSPS) is 12.2. The predicted molar refractivity (Wildman–Crippen MR) is 99.4 cm³/mol. The lowest BCUT2D eigenvalue weighted by molar-refractivity contribution is -0.142. The number of ether oxygens (including phenoxy) is 3. The lowest BCUT2D eigenvalue weighted by atomic mass is 10.2. The minimum Gasteiger partial charge on any atom is -0.454 e. The molecule has 134 valence electrons. The molecule has 1 N–H and O–H groups in total. The number of anilines is 1. The summed E-state index contributed by atoms with van der Waals surface area (Å²) in [6, 6.07) is 12.7. The number of benzene rings is 2. The summed E-state index contributed by atoms with van der Waals surface area (Å²) in [6.07, 6.45) is 4.80. The van der Waals surface area contributed by atoms with Crippen LogP contribution in [-0.2, 0) is 14.3 Å². The quantitative estimate of drug-likeness (QED) is 0.477. The fourth-order valence-corrected chi connectivity index (χ4v) is 2.72. The Morgan fingerprint density at radius 3 is 2.88 bits per heavy atom. The van der Waals surface area contributed by atoms with E-state index < -0.39 is 11.9 Å². The van der Waals surface area contributed by atoms with Gasteiger partial charge < -0.3 is 19.5 Å². The van der Waals surface area contributed by atoms with Crippen molar-refractivity contribution >= 4 is 35.4 Å². The maximum atomic E-state index is 11.9. The smallest absolute Gasteiger partial charge is 0.331 e. The van der Waals surface area contributed by atoms with Crippen molar-refractivity contribution in [3.05, 3.63) is 54.1 Å². The Kier molecular flexibility index (Phi) is 5.80. The highest BCUT2D eigenvalue weighted by atomic mass is 32.2. The molecule has 2 aromatic rings. The SMILES string of the molecule is CSc1cccc(NC(=O)COC(=O)/C=C/c2ccc3c(c2)OCO3)c1. The number of hydrogen-bond donors (Lipinski definition) is 1. The number of fused-ring (bicyclic) bond motifs is 1. The van der Waals surface area contributed by atoms with Crippen molar-refractivity contribution in [1.82, 2.24) is 0 Å². The number of hydrogen-bond acceptors (Lipinski definition) is 6. The maximum Gasteiger partial charge on any atom is 0.331 e. The summed E-state index contributed by atoms with van der Waals surface area (Å²) < 4.78 is 15.4. The van der Waals surface area contributed by atoms with E-state index in [-0.39, 0.29) is 13.4 Å². The molecule has 0 saturated carbocycles. The van der Waals surface area contributed by atoms with Crippen molar-refractivity contribution < 1.29 is 23.8 Å². The molecule has 1 amide bonds. The number of thioether (sulfide) groups is 1. The van der Waals surface area contributed by atoms with Crippen LogP contribution < -0.4 is 14.8 Å². The fraction of sp³-hybridized carbons (Fsp3) is 0.158. The van der Waals surface area contributed by atoms with Crippen molar-refractivity contribution in [2.45, 2.75) is 4.90 Å². The molecule has 7 heteroatoms. The standard InChI is InChI=1S/C19H17NO5S/c1-26-15-4-2-3-14(10-15)20-18(21)11-23-19(22)8-6-13-5-7-16-17(9-13)25-12-24-16/h2-10H,11-12H2,1H3,(H,20,21)/b8-6+. The van der Waals surface area contributed by atoms with Crippen LogP contribution >= 0.6 is 11.8 Å². The molecule has 0 spiro atoms. The first kappa shape index (κ1) is 17.9. The third-order valence-electron chi connectivity index (χ3n) is 3.51. The Hall–Kier alpha value is -2.93. The second kappa shape index (κ2) is 8.44. The van der Waals surface area contributed by atoms with Gasteiger partial charge in [-0.05, 0) is 48.2 Å². The molecule has 1 aliphatic rings. The van der Waals surface area contributed by atoms with Crippen molar-refractivity contribution in [3.63, 3.8) is 0 Å². The molecule has 0 radical (unpaired) electrons. The van der Waals surface area contributed by atoms with Crippen LogP contribution in [0.15, 0.2) is 53.4 Å². The van der Waals surface area contributed by atoms with Crippen molar-refractivity contribution in [1.29, 1.82) is 0 Å². The monoisotopic (exact) mass is 371 g/mol. The Balaban J connectivity index is 1.48. The van der Waals surface area contributed by atoms with Crippen LogP contribution in [0.4, 0.5) is 5.69 Å². The first-order chi connectivity index (χ1) is 12.6. The molecule has 0 unspecified atom stereocenters. The van der Waals surface area contributed by atoms with Gasteiger partial charge in [0, 0.05) is 16.7 Å². The number of esters is 1. The van der Waals surface area contributed by atoms with Gasteiger partial charge in [-0.25, -0.2) is 4.79 Å². The van der Waals surface area contributed by atoms with Crippen LogP contribution in [0.25, 0.3) is 6.08 Å². The van der Waals surface area contributed by atoms with Gasteiger partial charge in [-0.3, -0.25) is 4.79 Å². The van der Waals surface area contributed by atoms with Gasteiger partial charge in [0.2, 0.25) is 6.79 Å². The van der Waals surface area contributed by atoms with E-state index in [2.05, 4.69) is 5.32 Å².